The Hall–Kier alpha value is -5.10. The number of hydrogen-bond acceptors (Lipinski definition) is 4. The zero-order valence-electron chi connectivity index (χ0n) is 22.9. The zero-order valence-corrected chi connectivity index (χ0v) is 24.5. The Labute approximate surface area is 259 Å². The first-order chi connectivity index (χ1) is 21.1. The third-order valence-electron chi connectivity index (χ3n) is 6.25. The number of benzene rings is 4. The van der Waals surface area contributed by atoms with Crippen LogP contribution in [0.1, 0.15) is 22.3 Å². The number of nitrogens with one attached hydrogen (secondary N) is 1. The molecule has 1 N–H and O–H groups in total. The molecule has 0 aliphatic carbocycles. The lowest BCUT2D eigenvalue weighted by Gasteiger charge is -2.08. The number of aromatic nitrogens is 2. The molecule has 0 aliphatic rings. The van der Waals surface area contributed by atoms with Gasteiger partial charge in [-0.3, -0.25) is 4.79 Å². The lowest BCUT2D eigenvalue weighted by Crippen LogP contribution is -2.05. The number of H-pyrrole nitrogens is 1. The van der Waals surface area contributed by atoms with E-state index in [0.717, 1.165) is 33.7 Å². The molecule has 43 heavy (non-hydrogen) atoms. The first-order valence-electron chi connectivity index (χ1n) is 13.5. The summed E-state index contributed by atoms with van der Waals surface area (Å²) in [5, 5.41) is 0.633. The second kappa shape index (κ2) is 14.7. The molecule has 0 saturated carbocycles. The molecule has 0 atom stereocenters. The molecule has 0 fully saturated rings. The van der Waals surface area contributed by atoms with E-state index in [1.807, 2.05) is 121 Å². The van der Waals surface area contributed by atoms with Crippen molar-refractivity contribution in [2.24, 2.45) is 9.98 Å². The molecule has 0 spiro atoms. The molecular weight excluding hydrogens is 575 g/mol. The van der Waals surface area contributed by atoms with Gasteiger partial charge in [0.05, 0.1) is 16.4 Å². The molecule has 0 radical (unpaired) electrons. The van der Waals surface area contributed by atoms with Gasteiger partial charge in [-0.15, -0.1) is 0 Å². The van der Waals surface area contributed by atoms with Crippen LogP contribution in [0, 0.1) is 0 Å². The summed E-state index contributed by atoms with van der Waals surface area (Å²) in [7, 11) is 0. The van der Waals surface area contributed by atoms with Gasteiger partial charge >= 0.3 is 0 Å². The highest BCUT2D eigenvalue weighted by atomic mass is 35.5. The molecule has 210 valence electrons. The Morgan fingerprint density at radius 3 is 1.44 bits per heavy atom. The number of rotatable bonds is 6. The van der Waals surface area contributed by atoms with Crippen LogP contribution in [0.3, 0.4) is 0 Å². The van der Waals surface area contributed by atoms with E-state index in [9.17, 15) is 4.79 Å². The van der Waals surface area contributed by atoms with Gasteiger partial charge in [0.1, 0.15) is 5.02 Å². The molecular formula is C36H26Cl2N4O. The second-order valence-corrected chi connectivity index (χ2v) is 9.98. The Balaban J connectivity index is 0.000000171. The molecule has 7 heteroatoms. The second-order valence-electron chi connectivity index (χ2n) is 9.20. The van der Waals surface area contributed by atoms with Crippen LogP contribution in [0.4, 0.5) is 11.6 Å². The number of nitrogens with zero attached hydrogens (tertiary/aromatic N) is 3. The Bertz CT molecular complexity index is 1810. The summed E-state index contributed by atoms with van der Waals surface area (Å²) < 4.78 is 0. The van der Waals surface area contributed by atoms with E-state index < -0.39 is 0 Å². The lowest BCUT2D eigenvalue weighted by atomic mass is 10.0. The van der Waals surface area contributed by atoms with Gasteiger partial charge in [-0.2, -0.15) is 0 Å². The van der Waals surface area contributed by atoms with Crippen LogP contribution in [0.5, 0.6) is 0 Å². The molecule has 0 unspecified atom stereocenters. The summed E-state index contributed by atoms with van der Waals surface area (Å²) >= 11 is 12.2. The fraction of sp³-hybridized carbons (Fsp3) is 0. The fourth-order valence-electron chi connectivity index (χ4n) is 4.18. The average molecular weight is 602 g/mol. The van der Waals surface area contributed by atoms with Gasteiger partial charge in [-0.25, -0.2) is 15.0 Å². The van der Waals surface area contributed by atoms with Crippen molar-refractivity contribution in [3.05, 3.63) is 194 Å². The molecule has 6 rings (SSSR count). The predicted molar refractivity (Wildman–Crippen MR) is 178 cm³/mol. The summed E-state index contributed by atoms with van der Waals surface area (Å²) in [5.41, 5.74) is 5.33. The summed E-state index contributed by atoms with van der Waals surface area (Å²) in [6.07, 6.45) is 3.24. The van der Waals surface area contributed by atoms with Crippen LogP contribution < -0.4 is 5.43 Å². The van der Waals surface area contributed by atoms with Crippen molar-refractivity contribution in [1.82, 2.24) is 9.97 Å². The molecule has 4 aromatic carbocycles. The first kappa shape index (κ1) is 29.4. The molecule has 2 heterocycles. The number of aromatic amines is 1. The van der Waals surface area contributed by atoms with Gasteiger partial charge in [-0.1, -0.05) is 145 Å². The van der Waals surface area contributed by atoms with Crippen molar-refractivity contribution in [1.29, 1.82) is 0 Å². The maximum Gasteiger partial charge on any atom is 0.202 e. The van der Waals surface area contributed by atoms with Crippen LogP contribution >= 0.6 is 23.2 Å². The van der Waals surface area contributed by atoms with Crippen molar-refractivity contribution in [3.8, 4) is 0 Å². The van der Waals surface area contributed by atoms with Gasteiger partial charge < -0.3 is 4.98 Å². The minimum absolute atomic E-state index is 0.0897. The highest BCUT2D eigenvalue weighted by Gasteiger charge is 2.10. The van der Waals surface area contributed by atoms with Crippen molar-refractivity contribution in [2.45, 2.75) is 0 Å². The Kier molecular flexibility index (Phi) is 10.0. The third kappa shape index (κ3) is 7.80. The van der Waals surface area contributed by atoms with Crippen LogP contribution in [-0.2, 0) is 0 Å². The predicted octanol–water partition coefficient (Wildman–Crippen LogP) is 9.10. The molecule has 0 saturated heterocycles. The van der Waals surface area contributed by atoms with E-state index in [0.29, 0.717) is 16.7 Å². The molecule has 0 bridgehead atoms. The van der Waals surface area contributed by atoms with E-state index in [4.69, 9.17) is 23.2 Å². The largest absolute Gasteiger partial charge is 0.345 e. The first-order valence-corrected chi connectivity index (χ1v) is 14.2. The van der Waals surface area contributed by atoms with Crippen molar-refractivity contribution in [3.63, 3.8) is 0 Å². The van der Waals surface area contributed by atoms with Crippen LogP contribution in [0.2, 0.25) is 10.0 Å². The highest BCUT2D eigenvalue weighted by molar-refractivity contribution is 6.33. The van der Waals surface area contributed by atoms with Gasteiger partial charge in [-0.05, 0) is 12.1 Å². The quantitative estimate of drug-likeness (QED) is 0.194. The number of aliphatic imine (C=N–C) groups is 2. The number of hydrogen-bond donors (Lipinski definition) is 1. The van der Waals surface area contributed by atoms with Gasteiger partial charge in [0.15, 0.2) is 11.6 Å². The molecule has 6 aromatic rings. The maximum absolute atomic E-state index is 11.7. The van der Waals surface area contributed by atoms with E-state index in [-0.39, 0.29) is 10.5 Å². The number of halogens is 2. The maximum atomic E-state index is 11.7. The van der Waals surface area contributed by atoms with E-state index in [2.05, 4.69) is 20.0 Å². The smallest absolute Gasteiger partial charge is 0.202 e. The van der Waals surface area contributed by atoms with Gasteiger partial charge in [0.25, 0.3) is 0 Å². The topological polar surface area (TPSA) is 70.5 Å². The van der Waals surface area contributed by atoms with Crippen molar-refractivity contribution in [2.75, 3.05) is 0 Å². The van der Waals surface area contributed by atoms with E-state index >= 15 is 0 Å². The lowest BCUT2D eigenvalue weighted by molar-refractivity contribution is 1.25. The van der Waals surface area contributed by atoms with Gasteiger partial charge in [0.2, 0.25) is 5.43 Å². The molecule has 0 amide bonds. The van der Waals surface area contributed by atoms with Crippen LogP contribution in [0.15, 0.2) is 167 Å². The minimum Gasteiger partial charge on any atom is -0.345 e. The Morgan fingerprint density at radius 1 is 0.558 bits per heavy atom. The summed E-state index contributed by atoms with van der Waals surface area (Å²) in [6.45, 7) is 0. The van der Waals surface area contributed by atoms with Crippen LogP contribution in [-0.4, -0.2) is 21.4 Å². The summed E-state index contributed by atoms with van der Waals surface area (Å²) in [4.78, 5) is 28.1. The SMILES string of the molecule is Clc1cccnc1N=C(c1ccccc1)c1ccccc1.O=c1cc[nH]c(N=C(c2ccccc2)c2ccccc2)c1Cl. The monoisotopic (exact) mass is 600 g/mol. The number of pyridine rings is 2. The van der Waals surface area contributed by atoms with E-state index in [1.165, 1.54) is 6.07 Å². The summed E-state index contributed by atoms with van der Waals surface area (Å²) in [6, 6.07) is 44.6. The fourth-order valence-corrected chi connectivity index (χ4v) is 4.51. The third-order valence-corrected chi connectivity index (χ3v) is 6.91. The zero-order chi connectivity index (χ0) is 29.9. The van der Waals surface area contributed by atoms with E-state index in [1.54, 1.807) is 24.5 Å². The Morgan fingerprint density at radius 2 is 1.00 bits per heavy atom. The van der Waals surface area contributed by atoms with Crippen LogP contribution in [0.25, 0.3) is 0 Å². The normalized spacial score (nSPS) is 10.2. The average Bonchev–Trinajstić information content (AvgIpc) is 3.07. The van der Waals surface area contributed by atoms with Crippen molar-refractivity contribution >= 4 is 46.3 Å². The standard InChI is InChI=1S/C18H13ClN2O.C18H13ClN2/c19-16-15(22)11-12-20-18(16)21-17(13-7-3-1-4-8-13)14-9-5-2-6-10-14;19-16-12-7-13-20-18(16)21-17(14-8-3-1-4-9-14)15-10-5-2-6-11-15/h1-12H,(H,20,22);1-13H. The highest BCUT2D eigenvalue weighted by Crippen LogP contribution is 2.24. The van der Waals surface area contributed by atoms with Gasteiger partial charge in [0, 0.05) is 40.7 Å². The van der Waals surface area contributed by atoms with Crippen molar-refractivity contribution < 1.29 is 0 Å². The molecule has 2 aromatic heterocycles. The minimum atomic E-state index is -0.250. The molecule has 5 nitrogen and oxygen atoms in total. The molecule has 0 aliphatic heterocycles. The summed E-state index contributed by atoms with van der Waals surface area (Å²) in [5.74, 6) is 0.888.